The van der Waals surface area contributed by atoms with Gasteiger partial charge in [-0.25, -0.2) is 0 Å². The van der Waals surface area contributed by atoms with Crippen LogP contribution in [0.25, 0.3) is 6.08 Å². The van der Waals surface area contributed by atoms with Crippen molar-refractivity contribution in [3.05, 3.63) is 22.7 Å². The minimum absolute atomic E-state index is 0.0336. The van der Waals surface area contributed by atoms with Crippen LogP contribution in [0, 0.1) is 11.3 Å². The molecule has 0 unspecified atom stereocenters. The normalized spacial score (nSPS) is 9.77. The summed E-state index contributed by atoms with van der Waals surface area (Å²) < 4.78 is 0. The number of aromatic nitrogens is 1. The van der Waals surface area contributed by atoms with E-state index >= 15 is 0 Å². The van der Waals surface area contributed by atoms with E-state index in [-0.39, 0.29) is 12.5 Å². The van der Waals surface area contributed by atoms with Crippen LogP contribution in [0.15, 0.2) is 17.8 Å². The number of hydrogen-bond donors (Lipinski definition) is 1. The summed E-state index contributed by atoms with van der Waals surface area (Å²) in [6, 6.07) is 1.82. The number of nitriles is 1. The molecule has 4 nitrogen and oxygen atoms in total. The van der Waals surface area contributed by atoms with Gasteiger partial charge in [-0.15, -0.1) is 11.3 Å². The zero-order valence-electron chi connectivity index (χ0n) is 6.73. The lowest BCUT2D eigenvalue weighted by Gasteiger charge is -1.91. The second-order valence-electron chi connectivity index (χ2n) is 2.11. The van der Waals surface area contributed by atoms with Gasteiger partial charge in [0.05, 0.1) is 11.6 Å². The quantitative estimate of drug-likeness (QED) is 0.570. The van der Waals surface area contributed by atoms with Crippen molar-refractivity contribution in [2.24, 2.45) is 0 Å². The van der Waals surface area contributed by atoms with Crippen LogP contribution >= 0.6 is 11.3 Å². The van der Waals surface area contributed by atoms with Crippen molar-refractivity contribution in [1.29, 1.82) is 5.26 Å². The van der Waals surface area contributed by atoms with Crippen molar-refractivity contribution in [3.63, 3.8) is 0 Å². The van der Waals surface area contributed by atoms with Crippen molar-refractivity contribution in [1.82, 2.24) is 10.3 Å². The highest BCUT2D eigenvalue weighted by Crippen LogP contribution is 2.06. The minimum atomic E-state index is -0.269. The van der Waals surface area contributed by atoms with E-state index in [9.17, 15) is 4.79 Å². The summed E-state index contributed by atoms with van der Waals surface area (Å²) in [4.78, 5) is 15.7. The molecule has 0 aliphatic carbocycles. The molecule has 13 heavy (non-hydrogen) atoms. The molecule has 66 valence electrons. The zero-order chi connectivity index (χ0) is 9.52. The predicted molar refractivity (Wildman–Crippen MR) is 49.8 cm³/mol. The molecule has 0 aliphatic rings. The van der Waals surface area contributed by atoms with Gasteiger partial charge in [0.2, 0.25) is 5.91 Å². The van der Waals surface area contributed by atoms with Crippen molar-refractivity contribution in [3.8, 4) is 6.07 Å². The average Bonchev–Trinajstić information content (AvgIpc) is 2.64. The summed E-state index contributed by atoms with van der Waals surface area (Å²) in [5.41, 5.74) is 1.69. The van der Waals surface area contributed by atoms with E-state index in [4.69, 9.17) is 5.26 Å². The molecular formula is C8H7N3OS. The van der Waals surface area contributed by atoms with Gasteiger partial charge in [-0.3, -0.25) is 9.78 Å². The maximum atomic E-state index is 10.9. The van der Waals surface area contributed by atoms with Crippen LogP contribution in [0.5, 0.6) is 0 Å². The molecular weight excluding hydrogens is 186 g/mol. The Morgan fingerprint density at radius 3 is 3.31 bits per heavy atom. The highest BCUT2D eigenvalue weighted by Gasteiger charge is 1.93. The Balaban J connectivity index is 2.41. The molecule has 1 rings (SSSR count). The van der Waals surface area contributed by atoms with Gasteiger partial charge < -0.3 is 5.32 Å². The number of amides is 1. The van der Waals surface area contributed by atoms with Crippen molar-refractivity contribution in [2.45, 2.75) is 0 Å². The van der Waals surface area contributed by atoms with Gasteiger partial charge in [-0.1, -0.05) is 0 Å². The van der Waals surface area contributed by atoms with E-state index < -0.39 is 0 Å². The van der Waals surface area contributed by atoms with Crippen LogP contribution in [-0.4, -0.2) is 17.4 Å². The molecule has 1 aromatic heterocycles. The minimum Gasteiger partial charge on any atom is -0.339 e. The molecule has 1 N–H and O–H groups in total. The number of carbonyl (C=O) groups excluding carboxylic acids is 1. The fourth-order valence-corrected chi connectivity index (χ4v) is 1.16. The average molecular weight is 193 g/mol. The van der Waals surface area contributed by atoms with Crippen LogP contribution in [0.2, 0.25) is 0 Å². The molecule has 0 saturated carbocycles. The third-order valence-corrected chi connectivity index (χ3v) is 1.93. The number of thiazole rings is 1. The van der Waals surface area contributed by atoms with Gasteiger partial charge in [0, 0.05) is 17.2 Å². The Bertz CT molecular complexity index is 337. The molecule has 0 saturated heterocycles. The van der Waals surface area contributed by atoms with E-state index in [2.05, 4.69) is 10.3 Å². The molecule has 0 bridgehead atoms. The summed E-state index contributed by atoms with van der Waals surface area (Å²) in [6.45, 7) is 0.0336. The summed E-state index contributed by atoms with van der Waals surface area (Å²) in [5, 5.41) is 10.6. The first-order valence-corrected chi connectivity index (χ1v) is 4.42. The maximum absolute atomic E-state index is 10.9. The van der Waals surface area contributed by atoms with E-state index in [1.54, 1.807) is 17.8 Å². The first-order valence-electron chi connectivity index (χ1n) is 3.54. The van der Waals surface area contributed by atoms with Gasteiger partial charge in [0.1, 0.15) is 6.54 Å². The highest BCUT2D eigenvalue weighted by molar-refractivity contribution is 7.10. The lowest BCUT2D eigenvalue weighted by molar-refractivity contribution is -0.116. The van der Waals surface area contributed by atoms with Crippen molar-refractivity contribution >= 4 is 23.3 Å². The van der Waals surface area contributed by atoms with Crippen LogP contribution in [0.4, 0.5) is 0 Å². The highest BCUT2D eigenvalue weighted by atomic mass is 32.1. The van der Waals surface area contributed by atoms with E-state index in [0.717, 1.165) is 4.88 Å². The topological polar surface area (TPSA) is 65.8 Å². The lowest BCUT2D eigenvalue weighted by Crippen LogP contribution is -2.20. The van der Waals surface area contributed by atoms with Gasteiger partial charge in [-0.2, -0.15) is 5.26 Å². The molecule has 0 aliphatic heterocycles. The predicted octanol–water partition coefficient (Wildman–Crippen LogP) is 0.796. The third kappa shape index (κ3) is 3.49. The molecule has 1 amide bonds. The van der Waals surface area contributed by atoms with Crippen LogP contribution < -0.4 is 5.32 Å². The first-order chi connectivity index (χ1) is 6.33. The first kappa shape index (κ1) is 9.42. The fraction of sp³-hybridized carbons (Fsp3) is 0.125. The number of carbonyl (C=O) groups is 1. The molecule has 0 radical (unpaired) electrons. The SMILES string of the molecule is N#CCNC(=O)/C=C/c1cncs1. The van der Waals surface area contributed by atoms with E-state index in [0.29, 0.717) is 0 Å². The Hall–Kier alpha value is -1.67. The van der Waals surface area contributed by atoms with Gasteiger partial charge in [0.25, 0.3) is 0 Å². The van der Waals surface area contributed by atoms with E-state index in [1.165, 1.54) is 17.4 Å². The molecule has 0 fully saturated rings. The summed E-state index contributed by atoms with van der Waals surface area (Å²) in [6.07, 6.45) is 4.70. The van der Waals surface area contributed by atoms with Gasteiger partial charge in [0.15, 0.2) is 0 Å². The van der Waals surface area contributed by atoms with Crippen LogP contribution in [-0.2, 0) is 4.79 Å². The monoisotopic (exact) mass is 193 g/mol. The van der Waals surface area contributed by atoms with Crippen molar-refractivity contribution in [2.75, 3.05) is 6.54 Å². The molecule has 0 spiro atoms. The van der Waals surface area contributed by atoms with Crippen LogP contribution in [0.3, 0.4) is 0 Å². The Morgan fingerprint density at radius 2 is 2.69 bits per heavy atom. The molecule has 0 aromatic carbocycles. The standard InChI is InChI=1S/C8H7N3OS/c9-3-4-11-8(12)2-1-7-5-10-6-13-7/h1-2,5-6H,4H2,(H,11,12)/b2-1+. The van der Waals surface area contributed by atoms with Crippen molar-refractivity contribution < 1.29 is 4.79 Å². The summed E-state index contributed by atoms with van der Waals surface area (Å²) in [7, 11) is 0. The Morgan fingerprint density at radius 1 is 1.85 bits per heavy atom. The lowest BCUT2D eigenvalue weighted by atomic mass is 10.4. The third-order valence-electron chi connectivity index (χ3n) is 1.19. The van der Waals surface area contributed by atoms with E-state index in [1.807, 2.05) is 6.07 Å². The molecule has 5 heteroatoms. The largest absolute Gasteiger partial charge is 0.339 e. The second-order valence-corrected chi connectivity index (χ2v) is 3.03. The Labute approximate surface area is 79.5 Å². The van der Waals surface area contributed by atoms with Gasteiger partial charge in [-0.05, 0) is 6.08 Å². The number of nitrogens with zero attached hydrogens (tertiary/aromatic N) is 2. The number of rotatable bonds is 3. The molecule has 1 heterocycles. The molecule has 0 atom stereocenters. The number of hydrogen-bond acceptors (Lipinski definition) is 4. The Kier molecular flexibility index (Phi) is 3.67. The van der Waals surface area contributed by atoms with Crippen LogP contribution in [0.1, 0.15) is 4.88 Å². The second kappa shape index (κ2) is 5.06. The number of nitrogens with one attached hydrogen (secondary N) is 1. The zero-order valence-corrected chi connectivity index (χ0v) is 7.54. The van der Waals surface area contributed by atoms with Gasteiger partial charge >= 0.3 is 0 Å². The molecule has 1 aromatic rings. The summed E-state index contributed by atoms with van der Waals surface area (Å²) in [5.74, 6) is -0.269. The fourth-order valence-electron chi connectivity index (χ4n) is 0.651. The smallest absolute Gasteiger partial charge is 0.244 e. The summed E-state index contributed by atoms with van der Waals surface area (Å²) >= 11 is 1.45. The maximum Gasteiger partial charge on any atom is 0.244 e.